The van der Waals surface area contributed by atoms with Crippen LogP contribution in [0.4, 0.5) is 10.6 Å². The molecule has 0 spiro atoms. The van der Waals surface area contributed by atoms with Gasteiger partial charge in [-0.15, -0.1) is 11.7 Å². The third-order valence-electron chi connectivity index (χ3n) is 4.91. The SMILES string of the molecule is C=CCNC(=O)N1CC2CN(c3ccc(C(C)(C)C)nn3)CC2C1. The van der Waals surface area contributed by atoms with E-state index in [4.69, 9.17) is 0 Å². The molecule has 2 amide bonds. The number of amides is 2. The zero-order valence-corrected chi connectivity index (χ0v) is 14.8. The molecule has 0 aromatic carbocycles. The molecule has 0 bridgehead atoms. The summed E-state index contributed by atoms with van der Waals surface area (Å²) < 4.78 is 0. The zero-order chi connectivity index (χ0) is 17.3. The molecular formula is C18H27N5O. The van der Waals surface area contributed by atoms with Gasteiger partial charge in [0.2, 0.25) is 0 Å². The third kappa shape index (κ3) is 3.37. The average Bonchev–Trinajstić information content (AvgIpc) is 3.10. The van der Waals surface area contributed by atoms with Crippen molar-refractivity contribution >= 4 is 11.8 Å². The topological polar surface area (TPSA) is 61.4 Å². The molecule has 2 saturated heterocycles. The molecule has 0 aliphatic carbocycles. The Morgan fingerprint density at radius 2 is 1.92 bits per heavy atom. The maximum Gasteiger partial charge on any atom is 0.317 e. The van der Waals surface area contributed by atoms with Crippen molar-refractivity contribution in [3.05, 3.63) is 30.5 Å². The lowest BCUT2D eigenvalue weighted by atomic mass is 9.92. The summed E-state index contributed by atoms with van der Waals surface area (Å²) in [6, 6.07) is 4.17. The second kappa shape index (κ2) is 6.42. The summed E-state index contributed by atoms with van der Waals surface area (Å²) in [4.78, 5) is 16.3. The fraction of sp³-hybridized carbons (Fsp3) is 0.611. The van der Waals surface area contributed by atoms with Gasteiger partial charge in [0.05, 0.1) is 5.69 Å². The fourth-order valence-electron chi connectivity index (χ4n) is 3.51. The summed E-state index contributed by atoms with van der Waals surface area (Å²) in [5.74, 6) is 1.98. The van der Waals surface area contributed by atoms with E-state index in [0.717, 1.165) is 37.7 Å². The monoisotopic (exact) mass is 329 g/mol. The molecule has 6 nitrogen and oxygen atoms in total. The number of carbonyl (C=O) groups is 1. The largest absolute Gasteiger partial charge is 0.354 e. The van der Waals surface area contributed by atoms with Crippen LogP contribution in [0.15, 0.2) is 24.8 Å². The van der Waals surface area contributed by atoms with Crippen molar-refractivity contribution < 1.29 is 4.79 Å². The summed E-state index contributed by atoms with van der Waals surface area (Å²) in [5.41, 5.74) is 1.03. The second-order valence-corrected chi connectivity index (χ2v) is 7.83. The van der Waals surface area contributed by atoms with Crippen LogP contribution in [0.3, 0.4) is 0 Å². The summed E-state index contributed by atoms with van der Waals surface area (Å²) in [6.07, 6.45) is 1.70. The molecule has 2 fully saturated rings. The average molecular weight is 329 g/mol. The summed E-state index contributed by atoms with van der Waals surface area (Å²) in [5, 5.41) is 11.7. The molecule has 2 atom stereocenters. The Hall–Kier alpha value is -2.11. The molecule has 24 heavy (non-hydrogen) atoms. The first-order valence-electron chi connectivity index (χ1n) is 8.61. The highest BCUT2D eigenvalue weighted by Crippen LogP contribution is 2.33. The number of aromatic nitrogens is 2. The molecule has 1 N–H and O–H groups in total. The Morgan fingerprint density at radius 3 is 2.42 bits per heavy atom. The van der Waals surface area contributed by atoms with E-state index in [2.05, 4.69) is 59.9 Å². The lowest BCUT2D eigenvalue weighted by Gasteiger charge is -2.23. The Morgan fingerprint density at radius 1 is 1.25 bits per heavy atom. The standard InChI is InChI=1S/C18H27N5O/c1-5-8-19-17(24)23-11-13-9-22(10-14(13)12-23)16-7-6-15(20-21-16)18(2,3)4/h5-7,13-14H,1,8-12H2,2-4H3,(H,19,24). The van der Waals surface area contributed by atoms with E-state index < -0.39 is 0 Å². The second-order valence-electron chi connectivity index (χ2n) is 7.83. The predicted octanol–water partition coefficient (Wildman–Crippen LogP) is 2.04. The van der Waals surface area contributed by atoms with Gasteiger partial charge < -0.3 is 15.1 Å². The number of fused-ring (bicyclic) bond motifs is 1. The van der Waals surface area contributed by atoms with Gasteiger partial charge in [0.1, 0.15) is 0 Å². The molecule has 130 valence electrons. The van der Waals surface area contributed by atoms with Crippen LogP contribution in [0.2, 0.25) is 0 Å². The van der Waals surface area contributed by atoms with E-state index in [0.29, 0.717) is 18.4 Å². The molecule has 1 aromatic heterocycles. The molecular weight excluding hydrogens is 302 g/mol. The summed E-state index contributed by atoms with van der Waals surface area (Å²) in [7, 11) is 0. The number of likely N-dealkylation sites (tertiary alicyclic amines) is 1. The van der Waals surface area contributed by atoms with Crippen LogP contribution in [0.5, 0.6) is 0 Å². The van der Waals surface area contributed by atoms with E-state index in [-0.39, 0.29) is 11.4 Å². The van der Waals surface area contributed by atoms with Crippen molar-refractivity contribution in [3.8, 4) is 0 Å². The van der Waals surface area contributed by atoms with Crippen LogP contribution in [0.1, 0.15) is 26.5 Å². The summed E-state index contributed by atoms with van der Waals surface area (Å²) in [6.45, 7) is 14.1. The number of hydrogen-bond acceptors (Lipinski definition) is 4. The number of carbonyl (C=O) groups excluding carboxylic acids is 1. The van der Waals surface area contributed by atoms with E-state index in [9.17, 15) is 4.79 Å². The van der Waals surface area contributed by atoms with E-state index >= 15 is 0 Å². The molecule has 2 unspecified atom stereocenters. The number of hydrogen-bond donors (Lipinski definition) is 1. The maximum atomic E-state index is 12.0. The van der Waals surface area contributed by atoms with Gasteiger partial charge in [-0.25, -0.2) is 4.79 Å². The Kier molecular flexibility index (Phi) is 4.47. The first kappa shape index (κ1) is 16.7. The van der Waals surface area contributed by atoms with Crippen molar-refractivity contribution in [2.24, 2.45) is 11.8 Å². The van der Waals surface area contributed by atoms with E-state index in [1.807, 2.05) is 4.90 Å². The highest BCUT2D eigenvalue weighted by molar-refractivity contribution is 5.74. The number of anilines is 1. The van der Waals surface area contributed by atoms with Crippen molar-refractivity contribution in [2.75, 3.05) is 37.6 Å². The Labute approximate surface area is 143 Å². The maximum absolute atomic E-state index is 12.0. The Balaban J connectivity index is 1.58. The number of urea groups is 1. The van der Waals surface area contributed by atoms with Crippen LogP contribution < -0.4 is 10.2 Å². The quantitative estimate of drug-likeness (QED) is 0.862. The number of rotatable bonds is 3. The third-order valence-corrected chi connectivity index (χ3v) is 4.91. The molecule has 0 radical (unpaired) electrons. The zero-order valence-electron chi connectivity index (χ0n) is 14.8. The van der Waals surface area contributed by atoms with Crippen LogP contribution >= 0.6 is 0 Å². The van der Waals surface area contributed by atoms with Gasteiger partial charge in [0.15, 0.2) is 5.82 Å². The molecule has 2 aliphatic heterocycles. The van der Waals surface area contributed by atoms with Crippen molar-refractivity contribution in [3.63, 3.8) is 0 Å². The Bertz CT molecular complexity index is 593. The van der Waals surface area contributed by atoms with Gasteiger partial charge in [-0.2, -0.15) is 5.10 Å². The van der Waals surface area contributed by atoms with Gasteiger partial charge >= 0.3 is 6.03 Å². The van der Waals surface area contributed by atoms with Gasteiger partial charge in [-0.05, 0) is 12.1 Å². The normalized spacial score (nSPS) is 23.3. The lowest BCUT2D eigenvalue weighted by molar-refractivity contribution is 0.207. The molecule has 1 aromatic rings. The van der Waals surface area contributed by atoms with E-state index in [1.165, 1.54) is 0 Å². The first-order valence-corrected chi connectivity index (χ1v) is 8.61. The molecule has 0 saturated carbocycles. The molecule has 3 rings (SSSR count). The van der Waals surface area contributed by atoms with Crippen LogP contribution in [0, 0.1) is 11.8 Å². The first-order chi connectivity index (χ1) is 11.4. The molecule has 2 aliphatic rings. The smallest absolute Gasteiger partial charge is 0.317 e. The van der Waals surface area contributed by atoms with Crippen LogP contribution in [-0.2, 0) is 5.41 Å². The highest BCUT2D eigenvalue weighted by Gasteiger charge is 2.42. The van der Waals surface area contributed by atoms with Gasteiger partial charge in [-0.3, -0.25) is 0 Å². The van der Waals surface area contributed by atoms with Crippen molar-refractivity contribution in [1.29, 1.82) is 0 Å². The number of nitrogens with one attached hydrogen (secondary N) is 1. The minimum Gasteiger partial charge on any atom is -0.354 e. The minimum absolute atomic E-state index is 0.0187. The lowest BCUT2D eigenvalue weighted by Crippen LogP contribution is -2.40. The minimum atomic E-state index is 0.0187. The van der Waals surface area contributed by atoms with Gasteiger partial charge in [0, 0.05) is 50.0 Å². The van der Waals surface area contributed by atoms with Crippen molar-refractivity contribution in [2.45, 2.75) is 26.2 Å². The van der Waals surface area contributed by atoms with E-state index in [1.54, 1.807) is 6.08 Å². The van der Waals surface area contributed by atoms with Crippen LogP contribution in [0.25, 0.3) is 0 Å². The predicted molar refractivity (Wildman–Crippen MR) is 95.1 cm³/mol. The number of nitrogens with zero attached hydrogens (tertiary/aromatic N) is 4. The van der Waals surface area contributed by atoms with Crippen LogP contribution in [-0.4, -0.2) is 53.9 Å². The van der Waals surface area contributed by atoms with Gasteiger partial charge in [-0.1, -0.05) is 26.8 Å². The summed E-state index contributed by atoms with van der Waals surface area (Å²) >= 11 is 0. The van der Waals surface area contributed by atoms with Crippen molar-refractivity contribution in [1.82, 2.24) is 20.4 Å². The molecule has 3 heterocycles. The highest BCUT2D eigenvalue weighted by atomic mass is 16.2. The fourth-order valence-corrected chi connectivity index (χ4v) is 3.51. The van der Waals surface area contributed by atoms with Gasteiger partial charge in [0.25, 0.3) is 0 Å². The molecule has 6 heteroatoms.